The van der Waals surface area contributed by atoms with Gasteiger partial charge in [-0.25, -0.2) is 0 Å². The summed E-state index contributed by atoms with van der Waals surface area (Å²) in [6, 6.07) is -0.572. The van der Waals surface area contributed by atoms with Gasteiger partial charge in [0.25, 0.3) is 0 Å². The van der Waals surface area contributed by atoms with Gasteiger partial charge in [-0.2, -0.15) is 0 Å². The Balaban J connectivity index is 2.93. The van der Waals surface area contributed by atoms with E-state index in [4.69, 9.17) is 0 Å². The molecule has 2 amide bonds. The summed E-state index contributed by atoms with van der Waals surface area (Å²) in [4.78, 5) is 10.8. The van der Waals surface area contributed by atoms with E-state index in [1.807, 2.05) is 0 Å². The molecule has 3 nitrogen and oxygen atoms in total. The third-order valence-corrected chi connectivity index (χ3v) is 5.00. The van der Waals surface area contributed by atoms with Gasteiger partial charge in [0, 0.05) is 0 Å². The first-order valence-corrected chi connectivity index (χ1v) is 5.68. The number of rotatable bonds is 1. The molecule has 0 atom stereocenters. The van der Waals surface area contributed by atoms with Crippen LogP contribution in [-0.2, 0) is 0 Å². The zero-order valence-corrected chi connectivity index (χ0v) is 7.61. The first kappa shape index (κ1) is 8.65. The van der Waals surface area contributed by atoms with Crippen molar-refractivity contribution in [1.29, 1.82) is 0 Å². The molecule has 66 valence electrons. The Hall–Kier alpha value is -0.440. The molecule has 0 aliphatic carbocycles. The Labute approximate surface area is 64.2 Å². The molecule has 0 saturated carbocycles. The molecule has 0 aromatic carbocycles. The Morgan fingerprint density at radius 2 is 2.00 bits per heavy atom. The summed E-state index contributed by atoms with van der Waals surface area (Å²) in [6.07, 6.45) is 0. The number of nitrogens with zero attached hydrogens (tertiary/aromatic N) is 2. The second-order valence-corrected chi connectivity index (χ2v) is 6.19. The van der Waals surface area contributed by atoms with Crippen molar-refractivity contribution in [3.63, 3.8) is 0 Å². The number of hydrogen-bond donors (Lipinski definition) is 0. The molecule has 0 aromatic rings. The summed E-state index contributed by atoms with van der Waals surface area (Å²) in [5.41, 5.74) is 0. The van der Waals surface area contributed by atoms with Crippen LogP contribution in [0.15, 0.2) is 0 Å². The van der Waals surface area contributed by atoms with Crippen LogP contribution in [-0.4, -0.2) is 35.6 Å². The molecule has 0 unspecified atom stereocenters. The van der Waals surface area contributed by atoms with E-state index in [-0.39, 0.29) is 6.54 Å². The zero-order valence-electron chi connectivity index (χ0n) is 6.71. The van der Waals surface area contributed by atoms with Gasteiger partial charge in [0.2, 0.25) is 0 Å². The molecule has 1 aliphatic heterocycles. The Morgan fingerprint density at radius 3 is 2.18 bits per heavy atom. The van der Waals surface area contributed by atoms with Crippen molar-refractivity contribution in [1.82, 2.24) is 9.34 Å². The van der Waals surface area contributed by atoms with Crippen molar-refractivity contribution in [2.45, 2.75) is 6.92 Å². The van der Waals surface area contributed by atoms with Crippen molar-refractivity contribution in [2.24, 2.45) is 0 Å². The van der Waals surface area contributed by atoms with Crippen LogP contribution in [0, 0.1) is 0 Å². The molecule has 1 heterocycles. The number of amides is 2. The van der Waals surface area contributed by atoms with Crippen LogP contribution in [0.25, 0.3) is 0 Å². The molecular weight excluding hydrogens is 173 g/mol. The van der Waals surface area contributed by atoms with E-state index in [1.165, 1.54) is 0 Å². The summed E-state index contributed by atoms with van der Waals surface area (Å²) in [7, 11) is -3.75. The fourth-order valence-corrected chi connectivity index (χ4v) is 2.93. The fraction of sp³-hybridized carbons (Fsp3) is 0.800. The van der Waals surface area contributed by atoms with Crippen LogP contribution in [0.2, 0.25) is 0 Å². The molecule has 0 aromatic heterocycles. The summed E-state index contributed by atoms with van der Waals surface area (Å²) in [6.45, 7) is 2.50. The van der Waals surface area contributed by atoms with Gasteiger partial charge in [-0.15, -0.1) is 0 Å². The van der Waals surface area contributed by atoms with Gasteiger partial charge in [0.1, 0.15) is 0 Å². The molecule has 0 spiro atoms. The number of urea groups is 1. The first-order valence-electron chi connectivity index (χ1n) is 3.31. The molecule has 0 bridgehead atoms. The minimum atomic E-state index is -4.89. The number of halogens is 2. The monoisotopic (exact) mass is 184 g/mol. The predicted octanol–water partition coefficient (Wildman–Crippen LogP) is 2.16. The summed E-state index contributed by atoms with van der Waals surface area (Å²) in [5.74, 6) is 0. The van der Waals surface area contributed by atoms with Gasteiger partial charge in [-0.3, -0.25) is 0 Å². The van der Waals surface area contributed by atoms with E-state index < -0.39 is 13.6 Å². The van der Waals surface area contributed by atoms with Crippen molar-refractivity contribution in [3.8, 4) is 0 Å². The molecule has 1 rings (SSSR count). The third-order valence-electron chi connectivity index (χ3n) is 1.99. The van der Waals surface area contributed by atoms with Crippen molar-refractivity contribution in [2.75, 3.05) is 20.3 Å². The standard InChI is InChI=1S/C5H11F2N2OP/c1-4-9-5(10)8(2)11(9,3,6)7/h4H2,1-3H3. The Morgan fingerprint density at radius 1 is 1.55 bits per heavy atom. The van der Waals surface area contributed by atoms with Crippen LogP contribution in [0.1, 0.15) is 6.92 Å². The molecule has 0 radical (unpaired) electrons. The average molecular weight is 184 g/mol. The quantitative estimate of drug-likeness (QED) is 0.573. The maximum absolute atomic E-state index is 13.3. The van der Waals surface area contributed by atoms with E-state index in [2.05, 4.69) is 0 Å². The summed E-state index contributed by atoms with van der Waals surface area (Å²) in [5, 5.41) is 0. The van der Waals surface area contributed by atoms with E-state index in [1.54, 1.807) is 6.92 Å². The molecular formula is C5H11F2N2OP. The summed E-state index contributed by atoms with van der Waals surface area (Å²) >= 11 is 0. The van der Waals surface area contributed by atoms with E-state index in [9.17, 15) is 13.2 Å². The van der Waals surface area contributed by atoms with Gasteiger partial charge < -0.3 is 0 Å². The number of carbonyl (C=O) groups is 1. The van der Waals surface area contributed by atoms with Crippen LogP contribution in [0.3, 0.4) is 0 Å². The maximum atomic E-state index is 13.3. The van der Waals surface area contributed by atoms with Gasteiger partial charge in [0.05, 0.1) is 0 Å². The molecule has 0 N–H and O–H groups in total. The Kier molecular flexibility index (Phi) is 1.44. The Bertz CT molecular complexity index is 212. The van der Waals surface area contributed by atoms with Gasteiger partial charge >= 0.3 is 63.3 Å². The number of carbonyl (C=O) groups excluding carboxylic acids is 1. The van der Waals surface area contributed by atoms with Gasteiger partial charge in [0.15, 0.2) is 0 Å². The van der Waals surface area contributed by atoms with Crippen molar-refractivity contribution in [3.05, 3.63) is 0 Å². The SMILES string of the molecule is CCN1C(=O)N(C)P1(C)(F)F. The van der Waals surface area contributed by atoms with Gasteiger partial charge in [-0.05, 0) is 0 Å². The predicted molar refractivity (Wildman–Crippen MR) is 40.6 cm³/mol. The van der Waals surface area contributed by atoms with Crippen LogP contribution < -0.4 is 0 Å². The number of hydrogen-bond acceptors (Lipinski definition) is 1. The van der Waals surface area contributed by atoms with E-state index in [0.717, 1.165) is 13.7 Å². The second kappa shape index (κ2) is 1.83. The van der Waals surface area contributed by atoms with Crippen LogP contribution in [0.4, 0.5) is 13.2 Å². The molecule has 6 heteroatoms. The van der Waals surface area contributed by atoms with E-state index >= 15 is 0 Å². The first-order chi connectivity index (χ1) is 4.79. The normalized spacial score (nSPS) is 30.6. The topological polar surface area (TPSA) is 23.6 Å². The van der Waals surface area contributed by atoms with Gasteiger partial charge in [-0.1, -0.05) is 0 Å². The molecule has 1 saturated heterocycles. The van der Waals surface area contributed by atoms with Crippen molar-refractivity contribution >= 4 is 13.6 Å². The van der Waals surface area contributed by atoms with E-state index in [0.29, 0.717) is 9.34 Å². The van der Waals surface area contributed by atoms with Crippen LogP contribution in [0.5, 0.6) is 0 Å². The minimum absolute atomic E-state index is 0.0878. The van der Waals surface area contributed by atoms with Crippen molar-refractivity contribution < 1.29 is 13.2 Å². The third kappa shape index (κ3) is 0.836. The molecule has 1 aliphatic rings. The second-order valence-electron chi connectivity index (χ2n) is 2.72. The molecule has 11 heavy (non-hydrogen) atoms. The zero-order chi connectivity index (χ0) is 8.89. The molecule has 1 fully saturated rings. The average Bonchev–Trinajstić information content (AvgIpc) is 1.86. The fourth-order valence-electron chi connectivity index (χ4n) is 1.12. The van der Waals surface area contributed by atoms with Crippen LogP contribution >= 0.6 is 7.53 Å². The summed E-state index contributed by atoms with van der Waals surface area (Å²) < 4.78 is 27.8.